The molecule has 1 aliphatic rings. The van der Waals surface area contributed by atoms with Crippen molar-refractivity contribution in [2.45, 2.75) is 45.6 Å². The van der Waals surface area contributed by atoms with Crippen LogP contribution in [0.5, 0.6) is 0 Å². The number of hydrogen-bond acceptors (Lipinski definition) is 6. The highest BCUT2D eigenvalue weighted by Gasteiger charge is 2.23. The summed E-state index contributed by atoms with van der Waals surface area (Å²) in [6.07, 6.45) is 3.35. The lowest BCUT2D eigenvalue weighted by Gasteiger charge is -2.10. The first-order valence-corrected chi connectivity index (χ1v) is 10.9. The molecule has 0 saturated heterocycles. The fourth-order valence-electron chi connectivity index (χ4n) is 3.60. The summed E-state index contributed by atoms with van der Waals surface area (Å²) in [5.41, 5.74) is 2.19. The second-order valence-corrected chi connectivity index (χ2v) is 7.47. The molecule has 1 N–H and O–H groups in total. The van der Waals surface area contributed by atoms with Crippen molar-refractivity contribution in [2.24, 2.45) is 0 Å². The minimum Gasteiger partial charge on any atom is -0.462 e. The molecule has 1 aromatic heterocycles. The Balaban J connectivity index is 1.64. The molecule has 3 rings (SSSR count). The van der Waals surface area contributed by atoms with Crippen LogP contribution in [0.3, 0.4) is 0 Å². The first kappa shape index (κ1) is 23.4. The summed E-state index contributed by atoms with van der Waals surface area (Å²) >= 11 is 0. The zero-order valence-corrected chi connectivity index (χ0v) is 18.2. The van der Waals surface area contributed by atoms with Crippen molar-refractivity contribution in [1.29, 1.82) is 5.26 Å². The van der Waals surface area contributed by atoms with Crippen LogP contribution in [0.25, 0.3) is 0 Å². The van der Waals surface area contributed by atoms with Gasteiger partial charge in [-0.05, 0) is 43.9 Å². The van der Waals surface area contributed by atoms with Gasteiger partial charge >= 0.3 is 5.97 Å². The highest BCUT2D eigenvalue weighted by Crippen LogP contribution is 2.19. The van der Waals surface area contributed by atoms with Crippen molar-refractivity contribution in [3.05, 3.63) is 52.1 Å². The van der Waals surface area contributed by atoms with E-state index in [1.165, 1.54) is 12.1 Å². The van der Waals surface area contributed by atoms with Crippen LogP contribution in [0, 0.1) is 17.1 Å². The van der Waals surface area contributed by atoms with E-state index in [0.29, 0.717) is 51.1 Å². The molecule has 1 aromatic carbocycles. The van der Waals surface area contributed by atoms with E-state index in [4.69, 9.17) is 14.7 Å². The van der Waals surface area contributed by atoms with Gasteiger partial charge in [-0.2, -0.15) is 10.4 Å². The maximum atomic E-state index is 13.7. The molecule has 2 aromatic rings. The van der Waals surface area contributed by atoms with Crippen LogP contribution in [0.4, 0.5) is 4.39 Å². The Morgan fingerprint density at radius 3 is 2.94 bits per heavy atom. The van der Waals surface area contributed by atoms with Crippen molar-refractivity contribution in [2.75, 3.05) is 26.4 Å². The number of aryl methyl sites for hydroxylation is 2. The standard InChI is InChI=1S/C23H27FN4O4/c1-2-19-21-20(6-3-11-31-12-4-9-26-22(21)29)28(27-19)10-5-13-32-23(30)16-7-8-17(15-25)18(24)14-16/h7-8,14H,2-6,9-13H2,1H3,(H,26,29). The molecule has 0 fully saturated rings. The third-order valence-corrected chi connectivity index (χ3v) is 5.22. The van der Waals surface area contributed by atoms with Crippen molar-refractivity contribution in [3.63, 3.8) is 0 Å². The van der Waals surface area contributed by atoms with Crippen LogP contribution in [0.2, 0.25) is 0 Å². The van der Waals surface area contributed by atoms with Crippen molar-refractivity contribution < 1.29 is 23.5 Å². The predicted octanol–water partition coefficient (Wildman–Crippen LogP) is 2.79. The summed E-state index contributed by atoms with van der Waals surface area (Å²) in [5, 5.41) is 16.4. The van der Waals surface area contributed by atoms with E-state index in [1.54, 1.807) is 6.07 Å². The minimum atomic E-state index is -0.756. The number of ether oxygens (including phenoxy) is 2. The first-order chi connectivity index (χ1) is 15.5. The fraction of sp³-hybridized carbons (Fsp3) is 0.478. The first-order valence-electron chi connectivity index (χ1n) is 10.9. The molecule has 9 heteroatoms. The number of nitrogens with one attached hydrogen (secondary N) is 1. The van der Waals surface area contributed by atoms with Gasteiger partial charge in [-0.15, -0.1) is 0 Å². The lowest BCUT2D eigenvalue weighted by atomic mass is 10.1. The smallest absolute Gasteiger partial charge is 0.338 e. The molecule has 0 unspecified atom stereocenters. The van der Waals surface area contributed by atoms with Gasteiger partial charge < -0.3 is 14.8 Å². The van der Waals surface area contributed by atoms with Crippen molar-refractivity contribution in [3.8, 4) is 6.07 Å². The third-order valence-electron chi connectivity index (χ3n) is 5.22. The number of halogens is 1. The van der Waals surface area contributed by atoms with Gasteiger partial charge in [-0.25, -0.2) is 9.18 Å². The summed E-state index contributed by atoms with van der Waals surface area (Å²) < 4.78 is 26.4. The van der Waals surface area contributed by atoms with Gasteiger partial charge in [-0.3, -0.25) is 9.48 Å². The zero-order chi connectivity index (χ0) is 22.9. The summed E-state index contributed by atoms with van der Waals surface area (Å²) in [6, 6.07) is 5.33. The zero-order valence-electron chi connectivity index (χ0n) is 18.2. The van der Waals surface area contributed by atoms with E-state index in [-0.39, 0.29) is 23.6 Å². The summed E-state index contributed by atoms with van der Waals surface area (Å²) in [5.74, 6) is -1.52. The quantitative estimate of drug-likeness (QED) is 0.545. The Morgan fingerprint density at radius 1 is 1.38 bits per heavy atom. The van der Waals surface area contributed by atoms with E-state index < -0.39 is 11.8 Å². The number of nitriles is 1. The number of benzene rings is 1. The van der Waals surface area contributed by atoms with E-state index >= 15 is 0 Å². The molecular weight excluding hydrogens is 415 g/mol. The summed E-state index contributed by atoms with van der Waals surface area (Å²) in [6.45, 7) is 4.36. The number of esters is 1. The number of hydrogen-bond donors (Lipinski definition) is 1. The van der Waals surface area contributed by atoms with Gasteiger partial charge in [0.15, 0.2) is 0 Å². The van der Waals surface area contributed by atoms with Gasteiger partial charge in [0.25, 0.3) is 5.91 Å². The monoisotopic (exact) mass is 442 g/mol. The Labute approximate surface area is 186 Å². The fourth-order valence-corrected chi connectivity index (χ4v) is 3.60. The molecule has 0 saturated carbocycles. The van der Waals surface area contributed by atoms with E-state index in [1.807, 2.05) is 11.6 Å². The number of carbonyl (C=O) groups is 2. The van der Waals surface area contributed by atoms with Gasteiger partial charge in [0.05, 0.1) is 34.7 Å². The molecule has 0 bridgehead atoms. The Hall–Kier alpha value is -3.25. The number of aromatic nitrogens is 2. The third kappa shape index (κ3) is 5.71. The topological polar surface area (TPSA) is 106 Å². The molecule has 1 amide bonds. The second-order valence-electron chi connectivity index (χ2n) is 7.47. The molecular formula is C23H27FN4O4. The van der Waals surface area contributed by atoms with Crippen LogP contribution in [-0.4, -0.2) is 48.0 Å². The Kier molecular flexibility index (Phi) is 8.34. The van der Waals surface area contributed by atoms with Crippen LogP contribution in [0.15, 0.2) is 18.2 Å². The van der Waals surface area contributed by atoms with E-state index in [0.717, 1.165) is 30.3 Å². The average molecular weight is 442 g/mol. The van der Waals surface area contributed by atoms with Crippen LogP contribution in [-0.2, 0) is 28.9 Å². The van der Waals surface area contributed by atoms with Crippen LogP contribution < -0.4 is 5.32 Å². The molecule has 8 nitrogen and oxygen atoms in total. The molecule has 32 heavy (non-hydrogen) atoms. The Morgan fingerprint density at radius 2 is 2.19 bits per heavy atom. The van der Waals surface area contributed by atoms with Crippen molar-refractivity contribution >= 4 is 11.9 Å². The van der Waals surface area contributed by atoms with Gasteiger partial charge in [0, 0.05) is 32.7 Å². The lowest BCUT2D eigenvalue weighted by molar-refractivity contribution is 0.0494. The largest absolute Gasteiger partial charge is 0.462 e. The molecule has 0 atom stereocenters. The second kappa shape index (κ2) is 11.4. The van der Waals surface area contributed by atoms with Gasteiger partial charge in [0.1, 0.15) is 11.9 Å². The predicted molar refractivity (Wildman–Crippen MR) is 114 cm³/mol. The SMILES string of the molecule is CCc1nn(CCCOC(=O)c2ccc(C#N)c(F)c2)c2c1C(=O)NCCCOCCC2. The highest BCUT2D eigenvalue weighted by atomic mass is 19.1. The Bertz CT molecular complexity index is 1010. The maximum absolute atomic E-state index is 13.7. The summed E-state index contributed by atoms with van der Waals surface area (Å²) in [4.78, 5) is 24.9. The maximum Gasteiger partial charge on any atom is 0.338 e. The number of nitrogens with zero attached hydrogens (tertiary/aromatic N) is 3. The number of fused-ring (bicyclic) bond motifs is 1. The molecule has 170 valence electrons. The molecule has 2 heterocycles. The van der Waals surface area contributed by atoms with Gasteiger partial charge in [0.2, 0.25) is 0 Å². The normalized spacial score (nSPS) is 14.6. The molecule has 0 aliphatic carbocycles. The van der Waals surface area contributed by atoms with Crippen molar-refractivity contribution in [1.82, 2.24) is 15.1 Å². The average Bonchev–Trinajstić information content (AvgIpc) is 3.13. The molecule has 0 spiro atoms. The van der Waals surface area contributed by atoms with Crippen LogP contribution in [0.1, 0.15) is 63.9 Å². The minimum absolute atomic E-state index is 0.0547. The molecule has 0 radical (unpaired) electrons. The molecule has 1 aliphatic heterocycles. The number of carbonyl (C=O) groups excluding carboxylic acids is 2. The lowest BCUT2D eigenvalue weighted by Crippen LogP contribution is -2.26. The van der Waals surface area contributed by atoms with E-state index in [9.17, 15) is 14.0 Å². The number of amides is 1. The van der Waals surface area contributed by atoms with Crippen LogP contribution >= 0.6 is 0 Å². The van der Waals surface area contributed by atoms with Gasteiger partial charge in [-0.1, -0.05) is 6.92 Å². The summed E-state index contributed by atoms with van der Waals surface area (Å²) in [7, 11) is 0. The number of rotatable bonds is 6. The highest BCUT2D eigenvalue weighted by molar-refractivity contribution is 5.96. The van der Waals surface area contributed by atoms with E-state index in [2.05, 4.69) is 10.4 Å².